The Labute approximate surface area is 178 Å². The van der Waals surface area contributed by atoms with Crippen LogP contribution in [0.2, 0.25) is 0 Å². The van der Waals surface area contributed by atoms with Crippen molar-refractivity contribution in [2.75, 3.05) is 33.5 Å². The van der Waals surface area contributed by atoms with E-state index in [4.69, 9.17) is 0 Å². The number of nitriles is 1. The van der Waals surface area contributed by atoms with Gasteiger partial charge in [-0.15, -0.1) is 0 Å². The lowest BCUT2D eigenvalue weighted by Gasteiger charge is -2.35. The van der Waals surface area contributed by atoms with Gasteiger partial charge in [-0.1, -0.05) is 12.1 Å². The van der Waals surface area contributed by atoms with Crippen LogP contribution in [0.3, 0.4) is 0 Å². The van der Waals surface area contributed by atoms with Gasteiger partial charge in [0, 0.05) is 24.5 Å². The molecule has 2 aromatic rings. The van der Waals surface area contributed by atoms with Crippen LogP contribution in [0.5, 0.6) is 0 Å². The van der Waals surface area contributed by atoms with Crippen molar-refractivity contribution in [1.82, 2.24) is 0 Å². The van der Waals surface area contributed by atoms with Crippen LogP contribution in [0, 0.1) is 11.3 Å². The molecule has 2 aliphatic heterocycles. The summed E-state index contributed by atoms with van der Waals surface area (Å²) < 4.78 is 0. The Kier molecular flexibility index (Phi) is 4.63. The molecule has 2 N–H and O–H groups in total. The number of benzene rings is 2. The molecule has 152 valence electrons. The summed E-state index contributed by atoms with van der Waals surface area (Å²) in [4.78, 5) is 4.62. The lowest BCUT2D eigenvalue weighted by atomic mass is 9.96. The van der Waals surface area contributed by atoms with E-state index in [-0.39, 0.29) is 6.17 Å². The molecule has 1 fully saturated rings. The van der Waals surface area contributed by atoms with E-state index in [1.165, 1.54) is 16.8 Å². The van der Waals surface area contributed by atoms with E-state index in [1.54, 1.807) is 0 Å². The highest BCUT2D eigenvalue weighted by atomic mass is 15.4. The second-order valence-electron chi connectivity index (χ2n) is 7.96. The lowest BCUT2D eigenvalue weighted by molar-refractivity contribution is 0.809. The van der Waals surface area contributed by atoms with Crippen molar-refractivity contribution in [3.8, 4) is 6.07 Å². The monoisotopic (exact) mass is 397 g/mol. The molecule has 1 aliphatic carbocycles. The smallest absolute Gasteiger partial charge is 0.142 e. The molecule has 1 unspecified atom stereocenters. The predicted octanol–water partition coefficient (Wildman–Crippen LogP) is 5.43. The maximum atomic E-state index is 9.95. The zero-order chi connectivity index (χ0) is 20.7. The number of rotatable bonds is 5. The first kappa shape index (κ1) is 18.6. The summed E-state index contributed by atoms with van der Waals surface area (Å²) >= 11 is 0. The van der Waals surface area contributed by atoms with E-state index in [0.717, 1.165) is 60.8 Å². The molecule has 1 atom stereocenters. The maximum Gasteiger partial charge on any atom is 0.142 e. The average Bonchev–Trinajstić information content (AvgIpc) is 3.41. The predicted molar refractivity (Wildman–Crippen MR) is 123 cm³/mol. The summed E-state index contributed by atoms with van der Waals surface area (Å²) in [5.74, 6) is 1.11. The molecular weight excluding hydrogens is 370 g/mol. The molecular formula is C25H27N5. The molecule has 1 saturated carbocycles. The Morgan fingerprint density at radius 3 is 2.53 bits per heavy atom. The van der Waals surface area contributed by atoms with Crippen LogP contribution >= 0.6 is 0 Å². The number of nitrogens with zero attached hydrogens (tertiary/aromatic N) is 3. The van der Waals surface area contributed by atoms with Crippen molar-refractivity contribution in [2.24, 2.45) is 0 Å². The van der Waals surface area contributed by atoms with Gasteiger partial charge < -0.3 is 15.5 Å². The first-order chi connectivity index (χ1) is 14.7. The molecule has 30 heavy (non-hydrogen) atoms. The van der Waals surface area contributed by atoms with E-state index in [0.29, 0.717) is 0 Å². The molecule has 5 nitrogen and oxygen atoms in total. The standard InChI is InChI=1S/C25H27N5/c1-3-29(4-2)18-14-12-17(13-15-18)27-24-20-9-7-8-19(20)21(16-26)25-28-22-10-5-6-11-23(22)30(24)25/h5-6,10-15,25,27-28H,3-4,7-9H2,1-2H3. The van der Waals surface area contributed by atoms with Gasteiger partial charge >= 0.3 is 0 Å². The van der Waals surface area contributed by atoms with E-state index < -0.39 is 0 Å². The van der Waals surface area contributed by atoms with Crippen LogP contribution in [0.25, 0.3) is 0 Å². The largest absolute Gasteiger partial charge is 0.372 e. The van der Waals surface area contributed by atoms with E-state index in [1.807, 2.05) is 6.07 Å². The van der Waals surface area contributed by atoms with E-state index >= 15 is 0 Å². The number of allylic oxidation sites excluding steroid dienone is 2. The second-order valence-corrected chi connectivity index (χ2v) is 7.96. The van der Waals surface area contributed by atoms with Gasteiger partial charge in [-0.25, -0.2) is 0 Å². The minimum Gasteiger partial charge on any atom is -0.372 e. The van der Waals surface area contributed by atoms with Crippen LogP contribution < -0.4 is 20.4 Å². The van der Waals surface area contributed by atoms with Crippen molar-refractivity contribution < 1.29 is 0 Å². The van der Waals surface area contributed by atoms with Crippen LogP contribution in [-0.4, -0.2) is 19.3 Å². The summed E-state index contributed by atoms with van der Waals surface area (Å²) in [5.41, 5.74) is 7.88. The number of anilines is 4. The second kappa shape index (κ2) is 7.46. The Hall–Kier alpha value is -3.39. The van der Waals surface area contributed by atoms with Crippen molar-refractivity contribution in [3.05, 3.63) is 71.1 Å². The zero-order valence-corrected chi connectivity index (χ0v) is 17.6. The van der Waals surface area contributed by atoms with Crippen LogP contribution in [0.1, 0.15) is 33.1 Å². The number of para-hydroxylation sites is 2. The van der Waals surface area contributed by atoms with Gasteiger partial charge in [0.15, 0.2) is 0 Å². The number of nitrogens with one attached hydrogen (secondary N) is 2. The van der Waals surface area contributed by atoms with Crippen LogP contribution in [-0.2, 0) is 0 Å². The Bertz CT molecular complexity index is 1070. The molecule has 0 amide bonds. The summed E-state index contributed by atoms with van der Waals surface area (Å²) in [5, 5.41) is 17.2. The van der Waals surface area contributed by atoms with Gasteiger partial charge in [0.25, 0.3) is 0 Å². The highest BCUT2D eigenvalue weighted by Crippen LogP contribution is 2.48. The van der Waals surface area contributed by atoms with Gasteiger partial charge in [-0.3, -0.25) is 4.90 Å². The molecule has 0 spiro atoms. The first-order valence-electron chi connectivity index (χ1n) is 10.9. The van der Waals surface area contributed by atoms with E-state index in [9.17, 15) is 5.26 Å². The summed E-state index contributed by atoms with van der Waals surface area (Å²) in [7, 11) is 0. The Balaban J connectivity index is 1.56. The van der Waals surface area contributed by atoms with Gasteiger partial charge in [0.05, 0.1) is 23.0 Å². The van der Waals surface area contributed by atoms with Crippen molar-refractivity contribution in [3.63, 3.8) is 0 Å². The van der Waals surface area contributed by atoms with Crippen molar-refractivity contribution >= 4 is 22.7 Å². The molecule has 0 saturated heterocycles. The van der Waals surface area contributed by atoms with Crippen LogP contribution in [0.15, 0.2) is 71.1 Å². The molecule has 5 heteroatoms. The highest BCUT2D eigenvalue weighted by molar-refractivity contribution is 5.84. The number of hydrogen-bond donors (Lipinski definition) is 2. The molecule has 5 rings (SSSR count). The third kappa shape index (κ3) is 2.83. The normalized spacial score (nSPS) is 19.1. The fourth-order valence-electron chi connectivity index (χ4n) is 4.97. The van der Waals surface area contributed by atoms with Crippen molar-refractivity contribution in [1.29, 1.82) is 5.26 Å². The van der Waals surface area contributed by atoms with Gasteiger partial charge in [0.1, 0.15) is 12.0 Å². The minimum atomic E-state index is -0.137. The highest BCUT2D eigenvalue weighted by Gasteiger charge is 2.42. The SMILES string of the molecule is CCN(CC)c1ccc(NC2=C3CCCC3=C(C#N)C3Nc4ccccc4N23)cc1. The topological polar surface area (TPSA) is 54.3 Å². The molecule has 0 radical (unpaired) electrons. The summed E-state index contributed by atoms with van der Waals surface area (Å²) in [6.07, 6.45) is 2.95. The van der Waals surface area contributed by atoms with Gasteiger partial charge in [-0.2, -0.15) is 5.26 Å². The lowest BCUT2D eigenvalue weighted by Crippen LogP contribution is -2.42. The first-order valence-corrected chi connectivity index (χ1v) is 10.9. The van der Waals surface area contributed by atoms with Gasteiger partial charge in [-0.05, 0) is 80.7 Å². The van der Waals surface area contributed by atoms with E-state index in [2.05, 4.69) is 82.8 Å². The Morgan fingerprint density at radius 1 is 1.07 bits per heavy atom. The van der Waals surface area contributed by atoms with Crippen LogP contribution in [0.4, 0.5) is 22.7 Å². The van der Waals surface area contributed by atoms with Gasteiger partial charge in [0.2, 0.25) is 0 Å². The quantitative estimate of drug-likeness (QED) is 0.704. The fourth-order valence-corrected chi connectivity index (χ4v) is 4.97. The maximum absolute atomic E-state index is 9.95. The number of fused-ring (bicyclic) bond motifs is 4. The third-order valence-electron chi connectivity index (χ3n) is 6.44. The molecule has 2 aromatic carbocycles. The molecule has 0 bridgehead atoms. The number of hydrogen-bond acceptors (Lipinski definition) is 5. The summed E-state index contributed by atoms with van der Waals surface area (Å²) in [6.45, 7) is 6.37. The molecule has 2 heterocycles. The minimum absolute atomic E-state index is 0.137. The molecule has 3 aliphatic rings. The Morgan fingerprint density at radius 2 is 1.80 bits per heavy atom. The summed E-state index contributed by atoms with van der Waals surface area (Å²) in [6, 6.07) is 19.5. The average molecular weight is 398 g/mol. The zero-order valence-electron chi connectivity index (χ0n) is 17.6. The third-order valence-corrected chi connectivity index (χ3v) is 6.44. The van der Waals surface area contributed by atoms with Crippen molar-refractivity contribution in [2.45, 2.75) is 39.3 Å². The fraction of sp³-hybridized carbons (Fsp3) is 0.320. The molecule has 0 aromatic heterocycles.